The fraction of sp³-hybridized carbons (Fsp3) is 0.611. The molecule has 0 saturated heterocycles. The molecule has 0 amide bonds. The molecule has 9 heteroatoms. The molecule has 0 aliphatic heterocycles. The molecule has 0 aliphatic carbocycles. The summed E-state index contributed by atoms with van der Waals surface area (Å²) < 4.78 is 47.3. The van der Waals surface area contributed by atoms with E-state index in [0.717, 1.165) is 18.7 Å². The molecule has 0 heterocycles. The monoisotopic (exact) mass is 390 g/mol. The highest BCUT2D eigenvalue weighted by molar-refractivity contribution is 5.79. The van der Waals surface area contributed by atoms with Crippen LogP contribution in [-0.4, -0.2) is 71.1 Å². The van der Waals surface area contributed by atoms with E-state index in [0.29, 0.717) is 31.2 Å². The molecule has 6 nitrogen and oxygen atoms in total. The average Bonchev–Trinajstić information content (AvgIpc) is 2.61. The maximum absolute atomic E-state index is 12.4. The molecule has 0 bridgehead atoms. The largest absolute Gasteiger partial charge is 0.484 e. The highest BCUT2D eigenvalue weighted by atomic mass is 19.4. The SMILES string of the molecule is CN=C(NCCN(C)CCOC)NCc1ccc(C)cc1OCC(F)(F)F. The van der Waals surface area contributed by atoms with Crippen molar-refractivity contribution in [1.82, 2.24) is 15.5 Å². The number of hydrogen-bond donors (Lipinski definition) is 2. The number of rotatable bonds is 10. The van der Waals surface area contributed by atoms with Gasteiger partial charge in [-0.2, -0.15) is 13.2 Å². The van der Waals surface area contributed by atoms with Crippen molar-refractivity contribution in [3.05, 3.63) is 29.3 Å². The van der Waals surface area contributed by atoms with Crippen LogP contribution in [0.15, 0.2) is 23.2 Å². The Morgan fingerprint density at radius 1 is 1.22 bits per heavy atom. The first-order valence-electron chi connectivity index (χ1n) is 8.66. The van der Waals surface area contributed by atoms with Crippen LogP contribution in [0.5, 0.6) is 5.75 Å². The van der Waals surface area contributed by atoms with Gasteiger partial charge in [-0.1, -0.05) is 12.1 Å². The zero-order chi connectivity index (χ0) is 20.3. The number of hydrogen-bond acceptors (Lipinski definition) is 4. The van der Waals surface area contributed by atoms with Gasteiger partial charge in [0.2, 0.25) is 0 Å². The molecule has 1 aromatic rings. The summed E-state index contributed by atoms with van der Waals surface area (Å²) in [5.41, 5.74) is 1.46. The fourth-order valence-corrected chi connectivity index (χ4v) is 2.23. The van der Waals surface area contributed by atoms with Gasteiger partial charge in [-0.05, 0) is 25.6 Å². The molecule has 0 radical (unpaired) electrons. The van der Waals surface area contributed by atoms with Crippen molar-refractivity contribution in [2.45, 2.75) is 19.6 Å². The van der Waals surface area contributed by atoms with E-state index in [1.165, 1.54) is 0 Å². The highest BCUT2D eigenvalue weighted by Crippen LogP contribution is 2.23. The number of nitrogens with zero attached hydrogens (tertiary/aromatic N) is 2. The van der Waals surface area contributed by atoms with Gasteiger partial charge in [0.25, 0.3) is 0 Å². The summed E-state index contributed by atoms with van der Waals surface area (Å²) >= 11 is 0. The molecule has 1 rings (SSSR count). The summed E-state index contributed by atoms with van der Waals surface area (Å²) in [5.74, 6) is 0.784. The number of guanidine groups is 1. The van der Waals surface area contributed by atoms with Crippen LogP contribution in [0.1, 0.15) is 11.1 Å². The van der Waals surface area contributed by atoms with Gasteiger partial charge < -0.3 is 25.0 Å². The Morgan fingerprint density at radius 2 is 1.96 bits per heavy atom. The summed E-state index contributed by atoms with van der Waals surface area (Å²) in [6, 6.07) is 5.18. The van der Waals surface area contributed by atoms with Crippen LogP contribution in [0.25, 0.3) is 0 Å². The summed E-state index contributed by atoms with van der Waals surface area (Å²) in [6.45, 7) is 3.75. The van der Waals surface area contributed by atoms with Crippen LogP contribution >= 0.6 is 0 Å². The molecule has 0 unspecified atom stereocenters. The van der Waals surface area contributed by atoms with E-state index < -0.39 is 12.8 Å². The maximum Gasteiger partial charge on any atom is 0.422 e. The maximum atomic E-state index is 12.4. The van der Waals surface area contributed by atoms with Gasteiger partial charge >= 0.3 is 6.18 Å². The van der Waals surface area contributed by atoms with Crippen molar-refractivity contribution >= 4 is 5.96 Å². The Hall–Kier alpha value is -2.00. The van der Waals surface area contributed by atoms with Gasteiger partial charge in [0.15, 0.2) is 12.6 Å². The second-order valence-corrected chi connectivity index (χ2v) is 6.16. The van der Waals surface area contributed by atoms with Crippen LogP contribution in [-0.2, 0) is 11.3 Å². The number of aliphatic imine (C=N–C) groups is 1. The predicted molar refractivity (Wildman–Crippen MR) is 100 cm³/mol. The van der Waals surface area contributed by atoms with E-state index in [4.69, 9.17) is 9.47 Å². The van der Waals surface area contributed by atoms with Crippen LogP contribution in [0.3, 0.4) is 0 Å². The quantitative estimate of drug-likeness (QED) is 0.474. The van der Waals surface area contributed by atoms with E-state index in [1.54, 1.807) is 33.2 Å². The number of aryl methyl sites for hydroxylation is 1. The second-order valence-electron chi connectivity index (χ2n) is 6.16. The number of likely N-dealkylation sites (N-methyl/N-ethyl adjacent to an activating group) is 1. The van der Waals surface area contributed by atoms with Gasteiger partial charge in [0.1, 0.15) is 5.75 Å². The van der Waals surface area contributed by atoms with Crippen molar-refractivity contribution in [2.24, 2.45) is 4.99 Å². The lowest BCUT2D eigenvalue weighted by Gasteiger charge is -2.18. The number of alkyl halides is 3. The van der Waals surface area contributed by atoms with Crippen LogP contribution in [0.4, 0.5) is 13.2 Å². The van der Waals surface area contributed by atoms with Gasteiger partial charge in [-0.25, -0.2) is 0 Å². The first-order valence-corrected chi connectivity index (χ1v) is 8.66. The number of methoxy groups -OCH3 is 1. The lowest BCUT2D eigenvalue weighted by Crippen LogP contribution is -2.41. The summed E-state index contributed by atoms with van der Waals surface area (Å²) in [5, 5.41) is 6.26. The summed E-state index contributed by atoms with van der Waals surface area (Å²) in [7, 11) is 5.29. The zero-order valence-corrected chi connectivity index (χ0v) is 16.3. The lowest BCUT2D eigenvalue weighted by atomic mass is 10.1. The molecule has 0 aromatic heterocycles. The van der Waals surface area contributed by atoms with Crippen molar-refractivity contribution < 1.29 is 22.6 Å². The van der Waals surface area contributed by atoms with E-state index in [2.05, 4.69) is 20.5 Å². The van der Waals surface area contributed by atoms with Crippen LogP contribution in [0, 0.1) is 6.92 Å². The minimum Gasteiger partial charge on any atom is -0.484 e. The molecule has 0 spiro atoms. The van der Waals surface area contributed by atoms with Gasteiger partial charge in [-0.3, -0.25) is 4.99 Å². The average molecular weight is 390 g/mol. The second kappa shape index (κ2) is 11.7. The molecule has 0 saturated carbocycles. The normalized spacial score (nSPS) is 12.4. The predicted octanol–water partition coefficient (Wildman–Crippen LogP) is 2.18. The third-order valence-corrected chi connectivity index (χ3v) is 3.75. The van der Waals surface area contributed by atoms with E-state index in [-0.39, 0.29) is 5.75 Å². The van der Waals surface area contributed by atoms with Crippen LogP contribution in [0.2, 0.25) is 0 Å². The summed E-state index contributed by atoms with van der Waals surface area (Å²) in [6.07, 6.45) is -4.37. The van der Waals surface area contributed by atoms with Crippen molar-refractivity contribution in [2.75, 3.05) is 54.1 Å². The minimum atomic E-state index is -4.37. The molecule has 0 aliphatic rings. The molecule has 154 valence electrons. The zero-order valence-electron chi connectivity index (χ0n) is 16.3. The number of nitrogens with one attached hydrogen (secondary N) is 2. The molecule has 1 aromatic carbocycles. The molecular formula is C18H29F3N4O2. The van der Waals surface area contributed by atoms with Gasteiger partial charge in [0.05, 0.1) is 6.61 Å². The lowest BCUT2D eigenvalue weighted by molar-refractivity contribution is -0.153. The van der Waals surface area contributed by atoms with Gasteiger partial charge in [-0.15, -0.1) is 0 Å². The topological polar surface area (TPSA) is 58.1 Å². The molecule has 0 atom stereocenters. The Labute approximate surface area is 158 Å². The van der Waals surface area contributed by atoms with E-state index >= 15 is 0 Å². The first kappa shape index (κ1) is 23.0. The molecule has 2 N–H and O–H groups in total. The number of ether oxygens (including phenoxy) is 2. The Morgan fingerprint density at radius 3 is 2.59 bits per heavy atom. The third-order valence-electron chi connectivity index (χ3n) is 3.75. The number of halogens is 3. The summed E-state index contributed by atoms with van der Waals surface area (Å²) in [4.78, 5) is 6.24. The Balaban J connectivity index is 2.54. The van der Waals surface area contributed by atoms with E-state index in [9.17, 15) is 13.2 Å². The Bertz CT molecular complexity index is 594. The van der Waals surface area contributed by atoms with Gasteiger partial charge in [0, 0.05) is 45.9 Å². The molecular weight excluding hydrogens is 361 g/mol. The fourth-order valence-electron chi connectivity index (χ4n) is 2.23. The van der Waals surface area contributed by atoms with Crippen molar-refractivity contribution in [1.29, 1.82) is 0 Å². The van der Waals surface area contributed by atoms with Crippen LogP contribution < -0.4 is 15.4 Å². The standard InChI is InChI=1S/C18H29F3N4O2/c1-14-5-6-15(16(11-14)27-13-18(19,20)21)12-24-17(22-2)23-7-8-25(3)9-10-26-4/h5-6,11H,7-10,12-13H2,1-4H3,(H2,22,23,24). The molecule has 0 fully saturated rings. The Kier molecular flexibility index (Phi) is 9.95. The number of benzene rings is 1. The van der Waals surface area contributed by atoms with Crippen molar-refractivity contribution in [3.8, 4) is 5.75 Å². The smallest absolute Gasteiger partial charge is 0.422 e. The highest BCUT2D eigenvalue weighted by Gasteiger charge is 2.28. The molecule has 27 heavy (non-hydrogen) atoms. The third kappa shape index (κ3) is 10.0. The first-order chi connectivity index (χ1) is 12.7. The van der Waals surface area contributed by atoms with E-state index in [1.807, 2.05) is 13.1 Å². The minimum absolute atomic E-state index is 0.217. The van der Waals surface area contributed by atoms with Crippen molar-refractivity contribution in [3.63, 3.8) is 0 Å².